The number of aryl methyl sites for hydroxylation is 1. The highest BCUT2D eigenvalue weighted by atomic mass is 32.2. The van der Waals surface area contributed by atoms with E-state index in [1.807, 2.05) is 0 Å². The second-order valence-electron chi connectivity index (χ2n) is 5.07. The minimum atomic E-state index is -4.03. The third kappa shape index (κ3) is 3.49. The molecule has 0 aliphatic rings. The summed E-state index contributed by atoms with van der Waals surface area (Å²) in [4.78, 5) is 20.3. The second kappa shape index (κ2) is 6.24. The van der Waals surface area contributed by atoms with E-state index in [1.54, 1.807) is 19.1 Å². The van der Waals surface area contributed by atoms with Crippen molar-refractivity contribution in [2.45, 2.75) is 18.7 Å². The van der Waals surface area contributed by atoms with Gasteiger partial charge in [-0.2, -0.15) is 0 Å². The largest absolute Gasteiger partial charge is 0.281 e. The Bertz CT molecular complexity index is 922. The summed E-state index contributed by atoms with van der Waals surface area (Å²) in [5.41, 5.74) is -0.478. The van der Waals surface area contributed by atoms with Gasteiger partial charge in [0, 0.05) is 6.07 Å². The van der Waals surface area contributed by atoms with Crippen molar-refractivity contribution < 1.29 is 18.3 Å². The van der Waals surface area contributed by atoms with E-state index in [2.05, 4.69) is 4.72 Å². The third-order valence-electron chi connectivity index (χ3n) is 3.35. The zero-order valence-corrected chi connectivity index (χ0v) is 13.5. The van der Waals surface area contributed by atoms with Gasteiger partial charge in [0.1, 0.15) is 0 Å². The van der Waals surface area contributed by atoms with Crippen LogP contribution < -0.4 is 4.72 Å². The fraction of sp³-hybridized carbons (Fsp3) is 0.143. The molecule has 0 saturated heterocycles. The molecule has 9 nitrogen and oxygen atoms in total. The van der Waals surface area contributed by atoms with Crippen LogP contribution in [-0.4, -0.2) is 18.3 Å². The molecule has 0 radical (unpaired) electrons. The van der Waals surface area contributed by atoms with E-state index >= 15 is 0 Å². The lowest BCUT2D eigenvalue weighted by atomic mass is 10.1. The molecule has 0 aliphatic carbocycles. The normalized spacial score (nSPS) is 11.1. The van der Waals surface area contributed by atoms with E-state index in [1.165, 1.54) is 19.1 Å². The molecule has 0 spiro atoms. The second-order valence-corrected chi connectivity index (χ2v) is 6.75. The Balaban J connectivity index is 2.54. The van der Waals surface area contributed by atoms with Crippen LogP contribution >= 0.6 is 0 Å². The first-order valence-electron chi connectivity index (χ1n) is 6.65. The molecule has 0 heterocycles. The Morgan fingerprint density at radius 3 is 2.04 bits per heavy atom. The summed E-state index contributed by atoms with van der Waals surface area (Å²) in [7, 11) is -4.03. The molecule has 0 atom stereocenters. The van der Waals surface area contributed by atoms with E-state index in [9.17, 15) is 28.6 Å². The number of sulfonamides is 1. The lowest BCUT2D eigenvalue weighted by molar-refractivity contribution is -0.394. The number of anilines is 1. The van der Waals surface area contributed by atoms with Gasteiger partial charge in [-0.1, -0.05) is 17.7 Å². The molecule has 10 heteroatoms. The van der Waals surface area contributed by atoms with Gasteiger partial charge in [-0.25, -0.2) is 8.42 Å². The molecule has 1 N–H and O–H groups in total. The third-order valence-corrected chi connectivity index (χ3v) is 4.73. The highest BCUT2D eigenvalue weighted by Crippen LogP contribution is 2.32. The van der Waals surface area contributed by atoms with Crippen molar-refractivity contribution in [2.75, 3.05) is 4.72 Å². The van der Waals surface area contributed by atoms with Crippen molar-refractivity contribution >= 4 is 27.1 Å². The molecule has 0 amide bonds. The summed E-state index contributed by atoms with van der Waals surface area (Å²) in [5, 5.41) is 21.9. The Morgan fingerprint density at radius 2 is 1.54 bits per heavy atom. The smallest absolute Gasteiger partial charge is 0.279 e. The van der Waals surface area contributed by atoms with Crippen LogP contribution in [0.2, 0.25) is 0 Å². The number of hydrogen-bond acceptors (Lipinski definition) is 6. The van der Waals surface area contributed by atoms with Crippen LogP contribution in [0.15, 0.2) is 41.3 Å². The molecular weight excluding hydrogens is 338 g/mol. The minimum absolute atomic E-state index is 0.0127. The lowest BCUT2D eigenvalue weighted by Gasteiger charge is -2.11. The number of hydrogen-bond donors (Lipinski definition) is 1. The van der Waals surface area contributed by atoms with Gasteiger partial charge in [-0.05, 0) is 26.0 Å². The molecule has 2 aromatic carbocycles. The Morgan fingerprint density at radius 1 is 0.958 bits per heavy atom. The molecular formula is C14H13N3O6S. The number of nitro benzene ring substituents is 2. The van der Waals surface area contributed by atoms with Crippen LogP contribution in [0.25, 0.3) is 0 Å². The topological polar surface area (TPSA) is 132 Å². The molecule has 0 unspecified atom stereocenters. The van der Waals surface area contributed by atoms with Gasteiger partial charge >= 0.3 is 0 Å². The molecule has 0 bridgehead atoms. The summed E-state index contributed by atoms with van der Waals surface area (Å²) in [5.74, 6) is 0. The molecule has 2 aromatic rings. The van der Waals surface area contributed by atoms with Crippen LogP contribution in [-0.2, 0) is 10.0 Å². The van der Waals surface area contributed by atoms with Gasteiger partial charge < -0.3 is 0 Å². The van der Waals surface area contributed by atoms with Crippen LogP contribution in [0.4, 0.5) is 17.1 Å². The SMILES string of the molecule is Cc1ccc(S(=O)(=O)Nc2cc([N+](=O)[O-])cc([N+](=O)[O-])c2C)cc1. The highest BCUT2D eigenvalue weighted by Gasteiger charge is 2.24. The number of non-ortho nitro benzene ring substituents is 1. The fourth-order valence-electron chi connectivity index (χ4n) is 2.01. The van der Waals surface area contributed by atoms with Crippen LogP contribution in [0, 0.1) is 34.1 Å². The van der Waals surface area contributed by atoms with Gasteiger partial charge in [-0.15, -0.1) is 0 Å². The van der Waals surface area contributed by atoms with Gasteiger partial charge in [0.15, 0.2) is 0 Å². The Labute approximate surface area is 137 Å². The van der Waals surface area contributed by atoms with E-state index < -0.39 is 31.2 Å². The van der Waals surface area contributed by atoms with Gasteiger partial charge in [0.05, 0.1) is 32.1 Å². The summed E-state index contributed by atoms with van der Waals surface area (Å²) in [6, 6.07) is 7.68. The Hall–Kier alpha value is -3.01. The van der Waals surface area contributed by atoms with Crippen molar-refractivity contribution in [1.82, 2.24) is 0 Å². The van der Waals surface area contributed by atoms with Gasteiger partial charge in [-0.3, -0.25) is 25.0 Å². The molecule has 0 saturated carbocycles. The summed E-state index contributed by atoms with van der Waals surface area (Å²) < 4.78 is 26.9. The quantitative estimate of drug-likeness (QED) is 0.650. The number of rotatable bonds is 5. The fourth-order valence-corrected chi connectivity index (χ4v) is 3.12. The van der Waals surface area contributed by atoms with Gasteiger partial charge in [0.2, 0.25) is 0 Å². The standard InChI is InChI=1S/C14H13N3O6S/c1-9-3-5-12(6-4-9)24(22,23)15-13-7-11(16(18)19)8-14(10(13)2)17(20)21/h3-8,15H,1-2H3. The average molecular weight is 351 g/mol. The van der Waals surface area contributed by atoms with E-state index in [-0.39, 0.29) is 16.1 Å². The van der Waals surface area contributed by atoms with Crippen molar-refractivity contribution in [3.63, 3.8) is 0 Å². The molecule has 0 aliphatic heterocycles. The molecule has 2 rings (SSSR count). The predicted molar refractivity (Wildman–Crippen MR) is 86.5 cm³/mol. The predicted octanol–water partition coefficient (Wildman–Crippen LogP) is 2.92. The summed E-state index contributed by atoms with van der Waals surface area (Å²) in [6.07, 6.45) is 0. The maximum Gasteiger partial charge on any atom is 0.281 e. The number of nitrogens with one attached hydrogen (secondary N) is 1. The Kier molecular flexibility index (Phi) is 4.51. The van der Waals surface area contributed by atoms with Crippen molar-refractivity contribution in [1.29, 1.82) is 0 Å². The zero-order valence-electron chi connectivity index (χ0n) is 12.7. The van der Waals surface area contributed by atoms with Crippen molar-refractivity contribution in [2.24, 2.45) is 0 Å². The van der Waals surface area contributed by atoms with Crippen LogP contribution in [0.5, 0.6) is 0 Å². The van der Waals surface area contributed by atoms with Crippen molar-refractivity contribution in [3.05, 3.63) is 67.8 Å². The molecule has 0 fully saturated rings. The summed E-state index contributed by atoms with van der Waals surface area (Å²) in [6.45, 7) is 3.10. The summed E-state index contributed by atoms with van der Waals surface area (Å²) >= 11 is 0. The lowest BCUT2D eigenvalue weighted by Crippen LogP contribution is -2.14. The zero-order chi connectivity index (χ0) is 18.1. The maximum atomic E-state index is 12.4. The van der Waals surface area contributed by atoms with Crippen LogP contribution in [0.1, 0.15) is 11.1 Å². The molecule has 24 heavy (non-hydrogen) atoms. The first kappa shape index (κ1) is 17.3. The average Bonchev–Trinajstić information content (AvgIpc) is 2.49. The maximum absolute atomic E-state index is 12.4. The van der Waals surface area contributed by atoms with Gasteiger partial charge in [0.25, 0.3) is 21.4 Å². The minimum Gasteiger partial charge on any atom is -0.279 e. The van der Waals surface area contributed by atoms with E-state index in [4.69, 9.17) is 0 Å². The first-order chi connectivity index (χ1) is 11.1. The van der Waals surface area contributed by atoms with E-state index in [0.717, 1.165) is 17.7 Å². The molecule has 0 aromatic heterocycles. The number of benzene rings is 2. The number of nitrogens with zero attached hydrogens (tertiary/aromatic N) is 2. The van der Waals surface area contributed by atoms with E-state index in [0.29, 0.717) is 0 Å². The van der Waals surface area contributed by atoms with Crippen molar-refractivity contribution in [3.8, 4) is 0 Å². The molecule has 126 valence electrons. The number of nitro groups is 2. The monoisotopic (exact) mass is 351 g/mol. The highest BCUT2D eigenvalue weighted by molar-refractivity contribution is 7.92. The van der Waals surface area contributed by atoms with Crippen LogP contribution in [0.3, 0.4) is 0 Å². The first-order valence-corrected chi connectivity index (χ1v) is 8.13.